The molecule has 2 aromatic rings. The highest BCUT2D eigenvalue weighted by atomic mass is 19.4. The van der Waals surface area contributed by atoms with Crippen LogP contribution in [0.4, 0.5) is 13.2 Å². The first-order chi connectivity index (χ1) is 16.2. The van der Waals surface area contributed by atoms with Crippen molar-refractivity contribution in [3.8, 4) is 5.75 Å². The van der Waals surface area contributed by atoms with Gasteiger partial charge in [-0.15, -0.1) is 0 Å². The molecule has 0 radical (unpaired) electrons. The van der Waals surface area contributed by atoms with Gasteiger partial charge in [0.2, 0.25) is 0 Å². The number of methoxy groups -OCH3 is 1. The number of aliphatic carboxylic acids is 1. The van der Waals surface area contributed by atoms with Crippen molar-refractivity contribution in [3.05, 3.63) is 54.1 Å². The summed E-state index contributed by atoms with van der Waals surface area (Å²) in [6, 6.07) is 8.39. The zero-order valence-electron chi connectivity index (χ0n) is 18.4. The minimum absolute atomic E-state index is 0.0117. The summed E-state index contributed by atoms with van der Waals surface area (Å²) in [5, 5.41) is 10.2. The van der Waals surface area contributed by atoms with E-state index < -0.39 is 12.1 Å². The van der Waals surface area contributed by atoms with Crippen LogP contribution in [0.25, 0.3) is 0 Å². The van der Waals surface area contributed by atoms with Crippen molar-refractivity contribution in [2.45, 2.75) is 43.8 Å². The first-order valence-electron chi connectivity index (χ1n) is 10.5. The van der Waals surface area contributed by atoms with Crippen molar-refractivity contribution in [3.63, 3.8) is 0 Å². The van der Waals surface area contributed by atoms with Gasteiger partial charge < -0.3 is 19.9 Å². The molecule has 0 unspecified atom stereocenters. The lowest BCUT2D eigenvalue weighted by molar-refractivity contribution is -0.192. The molecule has 184 valence electrons. The second-order valence-electron chi connectivity index (χ2n) is 7.80. The maximum atomic E-state index is 12.5. The molecule has 0 bridgehead atoms. The van der Waals surface area contributed by atoms with E-state index in [0.29, 0.717) is 11.7 Å². The van der Waals surface area contributed by atoms with Gasteiger partial charge >= 0.3 is 12.1 Å². The van der Waals surface area contributed by atoms with Gasteiger partial charge in [-0.05, 0) is 30.5 Å². The van der Waals surface area contributed by atoms with E-state index in [1.54, 1.807) is 13.3 Å². The number of hydrogen-bond acceptors (Lipinski definition) is 7. The first-order valence-corrected chi connectivity index (χ1v) is 10.5. The van der Waals surface area contributed by atoms with Gasteiger partial charge in [0.25, 0.3) is 5.91 Å². The quantitative estimate of drug-likeness (QED) is 0.668. The van der Waals surface area contributed by atoms with Gasteiger partial charge in [0.15, 0.2) is 0 Å². The van der Waals surface area contributed by atoms with Crippen LogP contribution in [0.1, 0.15) is 28.9 Å². The molecular weight excluding hydrogens is 457 g/mol. The number of nitrogens with one attached hydrogen (secondary N) is 1. The van der Waals surface area contributed by atoms with Crippen molar-refractivity contribution in [1.82, 2.24) is 20.2 Å². The third-order valence-electron chi connectivity index (χ3n) is 5.53. The fourth-order valence-corrected chi connectivity index (χ4v) is 3.99. The number of benzene rings is 1. The maximum Gasteiger partial charge on any atom is 0.490 e. The number of carboxylic acids is 1. The second kappa shape index (κ2) is 11.3. The Labute approximate surface area is 193 Å². The number of amides is 1. The second-order valence-corrected chi connectivity index (χ2v) is 7.80. The average molecular weight is 482 g/mol. The summed E-state index contributed by atoms with van der Waals surface area (Å²) in [5.74, 6) is -2.10. The van der Waals surface area contributed by atoms with Crippen molar-refractivity contribution in [2.24, 2.45) is 0 Å². The van der Waals surface area contributed by atoms with Crippen LogP contribution in [0.15, 0.2) is 42.9 Å². The minimum Gasteiger partial charge on any atom is -0.497 e. The molecule has 0 saturated carbocycles. The number of rotatable bonds is 5. The molecule has 1 amide bonds. The highest BCUT2D eigenvalue weighted by Gasteiger charge is 2.44. The fourth-order valence-electron chi connectivity index (χ4n) is 3.99. The van der Waals surface area contributed by atoms with E-state index in [1.165, 1.54) is 18.0 Å². The van der Waals surface area contributed by atoms with Gasteiger partial charge in [0.1, 0.15) is 11.4 Å². The lowest BCUT2D eigenvalue weighted by atomic mass is 10.0. The summed E-state index contributed by atoms with van der Waals surface area (Å²) in [6.07, 6.45) is 1.63. The Kier molecular flexibility index (Phi) is 8.40. The predicted octanol–water partition coefficient (Wildman–Crippen LogP) is 2.28. The summed E-state index contributed by atoms with van der Waals surface area (Å²) in [6.45, 7) is 2.33. The first kappa shape index (κ1) is 25.4. The molecule has 2 N–H and O–H groups in total. The molecule has 12 heteroatoms. The Balaban J connectivity index is 0.000000406. The Morgan fingerprint density at radius 2 is 1.97 bits per heavy atom. The number of carbonyl (C=O) groups excluding carboxylic acids is 1. The van der Waals surface area contributed by atoms with E-state index in [-0.39, 0.29) is 18.1 Å². The molecule has 1 aromatic carbocycles. The van der Waals surface area contributed by atoms with Crippen molar-refractivity contribution in [1.29, 1.82) is 0 Å². The summed E-state index contributed by atoms with van der Waals surface area (Å²) < 4.78 is 43.0. The molecule has 2 aliphatic heterocycles. The van der Waals surface area contributed by atoms with Crippen LogP contribution in [0.2, 0.25) is 0 Å². The molecule has 3 atom stereocenters. The Morgan fingerprint density at radius 1 is 1.26 bits per heavy atom. The molecule has 34 heavy (non-hydrogen) atoms. The maximum absolute atomic E-state index is 12.5. The molecule has 3 heterocycles. The van der Waals surface area contributed by atoms with E-state index in [0.717, 1.165) is 38.3 Å². The number of likely N-dealkylation sites (tertiary alicyclic amines) is 1. The molecule has 2 saturated heterocycles. The number of fused-ring (bicyclic) bond motifs is 1. The number of aromatic nitrogens is 2. The van der Waals surface area contributed by atoms with Gasteiger partial charge in [0.05, 0.1) is 25.5 Å². The number of ether oxygens (including phenoxy) is 2. The summed E-state index contributed by atoms with van der Waals surface area (Å²) in [7, 11) is 1.67. The molecule has 0 spiro atoms. The van der Waals surface area contributed by atoms with Crippen LogP contribution >= 0.6 is 0 Å². The van der Waals surface area contributed by atoms with Gasteiger partial charge in [-0.3, -0.25) is 14.7 Å². The number of hydrogen-bond donors (Lipinski definition) is 2. The Morgan fingerprint density at radius 3 is 2.56 bits per heavy atom. The van der Waals surface area contributed by atoms with E-state index in [1.807, 2.05) is 12.1 Å². The van der Waals surface area contributed by atoms with E-state index in [2.05, 4.69) is 32.3 Å². The van der Waals surface area contributed by atoms with Gasteiger partial charge in [-0.2, -0.15) is 13.2 Å². The molecular formula is C22H25F3N4O5. The zero-order valence-corrected chi connectivity index (χ0v) is 18.4. The monoisotopic (exact) mass is 482 g/mol. The summed E-state index contributed by atoms with van der Waals surface area (Å²) in [4.78, 5) is 31.9. The standard InChI is InChI=1S/C20H24N4O3.C2HF3O2/c1-26-15-6-4-14(5-7-15)12-24-13-17(19-18(24)3-2-10-27-19)23-20(25)16-11-21-8-9-22-16;3-2(4,5)1(6)7/h4-9,11,17-19H,2-3,10,12-13H2,1H3,(H,23,25);(H,6,7)/t17-,18-,19-;/m0./s1. The topological polar surface area (TPSA) is 114 Å². The third-order valence-corrected chi connectivity index (χ3v) is 5.53. The largest absolute Gasteiger partial charge is 0.497 e. The summed E-state index contributed by atoms with van der Waals surface area (Å²) >= 11 is 0. The molecule has 2 fully saturated rings. The average Bonchev–Trinajstić information content (AvgIpc) is 3.17. The zero-order chi connectivity index (χ0) is 24.7. The number of carboxylic acid groups (broad SMARTS) is 1. The Hall–Kier alpha value is -3.25. The van der Waals surface area contributed by atoms with Crippen LogP contribution in [0.5, 0.6) is 5.75 Å². The SMILES string of the molecule is COc1ccc(CN2C[C@H](NC(=O)c3cnccn3)[C@@H]3OCCC[C@@H]32)cc1.O=C(O)C(F)(F)F. The van der Waals surface area contributed by atoms with Crippen LogP contribution in [-0.2, 0) is 16.1 Å². The Bertz CT molecular complexity index is 959. The predicted molar refractivity (Wildman–Crippen MR) is 113 cm³/mol. The van der Waals surface area contributed by atoms with E-state index >= 15 is 0 Å². The lowest BCUT2D eigenvalue weighted by Crippen LogP contribution is -2.47. The van der Waals surface area contributed by atoms with Crippen molar-refractivity contribution < 1.29 is 37.3 Å². The molecule has 0 aliphatic carbocycles. The van der Waals surface area contributed by atoms with E-state index in [4.69, 9.17) is 19.4 Å². The molecule has 1 aromatic heterocycles. The van der Waals surface area contributed by atoms with Gasteiger partial charge in [0, 0.05) is 38.1 Å². The highest BCUT2D eigenvalue weighted by molar-refractivity contribution is 5.92. The number of nitrogens with zero attached hydrogens (tertiary/aromatic N) is 3. The molecule has 9 nitrogen and oxygen atoms in total. The van der Waals surface area contributed by atoms with Crippen LogP contribution in [0.3, 0.4) is 0 Å². The fraction of sp³-hybridized carbons (Fsp3) is 0.455. The van der Waals surface area contributed by atoms with Crippen LogP contribution < -0.4 is 10.1 Å². The number of carbonyl (C=O) groups is 2. The third kappa shape index (κ3) is 6.64. The van der Waals surface area contributed by atoms with E-state index in [9.17, 15) is 18.0 Å². The van der Waals surface area contributed by atoms with Crippen molar-refractivity contribution >= 4 is 11.9 Å². The summed E-state index contributed by atoms with van der Waals surface area (Å²) in [5.41, 5.74) is 1.56. The molecule has 2 aliphatic rings. The van der Waals surface area contributed by atoms with Crippen LogP contribution in [-0.4, -0.2) is 76.5 Å². The number of alkyl halides is 3. The minimum atomic E-state index is -5.08. The normalized spacial score (nSPS) is 22.2. The smallest absolute Gasteiger partial charge is 0.490 e. The number of halogens is 3. The van der Waals surface area contributed by atoms with Gasteiger partial charge in [-0.25, -0.2) is 9.78 Å². The van der Waals surface area contributed by atoms with Gasteiger partial charge in [-0.1, -0.05) is 12.1 Å². The van der Waals surface area contributed by atoms with Crippen molar-refractivity contribution in [2.75, 3.05) is 20.3 Å². The van der Waals surface area contributed by atoms with Crippen LogP contribution in [0, 0.1) is 0 Å². The molecule has 4 rings (SSSR count). The lowest BCUT2D eigenvalue weighted by Gasteiger charge is -2.32. The highest BCUT2D eigenvalue weighted by Crippen LogP contribution is 2.30.